The number of nitrogens with zero attached hydrogens (tertiary/aromatic N) is 5. The summed E-state index contributed by atoms with van der Waals surface area (Å²) in [4.78, 5) is 18.4. The van der Waals surface area contributed by atoms with Crippen LogP contribution in [0, 0.1) is 24.0 Å². The third kappa shape index (κ3) is 5.14. The van der Waals surface area contributed by atoms with E-state index < -0.39 is 29.6 Å². The second kappa shape index (κ2) is 11.2. The maximum absolute atomic E-state index is 16.9. The first-order valence-electron chi connectivity index (χ1n) is 15.8. The molecule has 8 nitrogen and oxygen atoms in total. The summed E-state index contributed by atoms with van der Waals surface area (Å²) in [5.74, 6) is 1.63. The average molecular weight is 651 g/mol. The van der Waals surface area contributed by atoms with E-state index in [-0.39, 0.29) is 48.4 Å². The molecule has 3 unspecified atom stereocenters. The van der Waals surface area contributed by atoms with E-state index in [1.54, 1.807) is 24.3 Å². The van der Waals surface area contributed by atoms with Crippen LogP contribution in [-0.4, -0.2) is 83.2 Å². The molecule has 0 saturated carbocycles. The molecule has 6 heterocycles. The fraction of sp³-hybridized carbons (Fsp3) is 0.441. The predicted octanol–water partition coefficient (Wildman–Crippen LogP) is 5.35. The Morgan fingerprint density at radius 2 is 1.96 bits per heavy atom. The number of halogens is 5. The number of nitrogens with one attached hydrogen (secondary N) is 1. The van der Waals surface area contributed by atoms with Crippen LogP contribution < -0.4 is 15.0 Å². The molecule has 0 radical (unpaired) electrons. The molecular formula is C34H31F5N6O2. The van der Waals surface area contributed by atoms with Crippen molar-refractivity contribution >= 4 is 27.5 Å². The molecule has 4 aliphatic rings. The average Bonchev–Trinajstić information content (AvgIpc) is 3.53. The fourth-order valence-electron chi connectivity index (χ4n) is 8.06. The molecule has 3 fully saturated rings. The maximum atomic E-state index is 16.9. The number of hydrogen-bond donors (Lipinski definition) is 1. The molecule has 1 N–H and O–H groups in total. The standard InChI is InChI=1S/C34H31F5N6O2/c1-2-22-24(35)9-7-19-5-3-6-23(26(19)22)29-28(36)30-27-25(41-29)10-8-20-16-40-12-14-45(20)31(27)43-32(42-30)46-18-33-11-4-13-44(33)17-21(15-33)47-34(37,38)39/h1,3,5-7,9,20-21,40H,4,8,10-18H2. The Morgan fingerprint density at radius 1 is 1.09 bits per heavy atom. The van der Waals surface area contributed by atoms with Gasteiger partial charge in [0.15, 0.2) is 5.82 Å². The van der Waals surface area contributed by atoms with Gasteiger partial charge in [-0.3, -0.25) is 9.64 Å². The highest BCUT2D eigenvalue weighted by atomic mass is 19.4. The van der Waals surface area contributed by atoms with E-state index in [2.05, 4.69) is 25.9 Å². The first-order chi connectivity index (χ1) is 22.6. The van der Waals surface area contributed by atoms with Crippen LogP contribution in [0.4, 0.5) is 27.8 Å². The molecule has 2 aromatic heterocycles. The summed E-state index contributed by atoms with van der Waals surface area (Å²) in [6.07, 6.45) is 2.84. The number of terminal acetylenes is 1. The second-order valence-corrected chi connectivity index (χ2v) is 12.8. The summed E-state index contributed by atoms with van der Waals surface area (Å²) < 4.78 is 81.6. The van der Waals surface area contributed by atoms with Crippen LogP contribution in [0.1, 0.15) is 36.9 Å². The molecule has 13 heteroatoms. The van der Waals surface area contributed by atoms with Crippen molar-refractivity contribution in [1.82, 2.24) is 25.2 Å². The van der Waals surface area contributed by atoms with Crippen LogP contribution in [0.2, 0.25) is 0 Å². The van der Waals surface area contributed by atoms with Crippen LogP contribution >= 0.6 is 0 Å². The third-order valence-corrected chi connectivity index (χ3v) is 10.1. The lowest BCUT2D eigenvalue weighted by Crippen LogP contribution is -2.51. The first-order valence-corrected chi connectivity index (χ1v) is 15.8. The number of ether oxygens (including phenoxy) is 2. The smallest absolute Gasteiger partial charge is 0.461 e. The molecule has 0 spiro atoms. The van der Waals surface area contributed by atoms with E-state index in [1.807, 2.05) is 4.90 Å². The van der Waals surface area contributed by atoms with Crippen molar-refractivity contribution in [2.24, 2.45) is 0 Å². The molecule has 47 heavy (non-hydrogen) atoms. The van der Waals surface area contributed by atoms with Crippen molar-refractivity contribution in [1.29, 1.82) is 0 Å². The molecule has 8 rings (SSSR count). The van der Waals surface area contributed by atoms with Gasteiger partial charge in [-0.25, -0.2) is 13.8 Å². The normalized spacial score (nSPS) is 24.3. The molecule has 0 aliphatic carbocycles. The van der Waals surface area contributed by atoms with Gasteiger partial charge in [0.25, 0.3) is 0 Å². The zero-order chi connectivity index (χ0) is 32.5. The van der Waals surface area contributed by atoms with Gasteiger partial charge in [-0.05, 0) is 50.1 Å². The van der Waals surface area contributed by atoms with E-state index in [0.717, 1.165) is 12.8 Å². The first kappa shape index (κ1) is 30.2. The number of alkyl halides is 3. The Hall–Kier alpha value is -4.12. The third-order valence-electron chi connectivity index (χ3n) is 10.1. The van der Waals surface area contributed by atoms with E-state index >= 15 is 4.39 Å². The molecule has 3 saturated heterocycles. The van der Waals surface area contributed by atoms with Crippen molar-refractivity contribution in [2.75, 3.05) is 44.2 Å². The lowest BCUT2D eigenvalue weighted by molar-refractivity contribution is -0.340. The van der Waals surface area contributed by atoms with Gasteiger partial charge in [0.2, 0.25) is 0 Å². The highest BCUT2D eigenvalue weighted by molar-refractivity contribution is 6.02. The van der Waals surface area contributed by atoms with Gasteiger partial charge in [-0.1, -0.05) is 30.2 Å². The van der Waals surface area contributed by atoms with E-state index in [0.29, 0.717) is 72.3 Å². The van der Waals surface area contributed by atoms with Crippen LogP contribution in [0.15, 0.2) is 30.3 Å². The van der Waals surface area contributed by atoms with E-state index in [9.17, 15) is 17.6 Å². The number of fused-ring (bicyclic) bond motifs is 4. The second-order valence-electron chi connectivity index (χ2n) is 12.8. The number of pyridine rings is 1. The van der Waals surface area contributed by atoms with Gasteiger partial charge in [0, 0.05) is 43.2 Å². The minimum absolute atomic E-state index is 0.00251. The van der Waals surface area contributed by atoms with Crippen molar-refractivity contribution in [3.05, 3.63) is 53.2 Å². The van der Waals surface area contributed by atoms with Crippen molar-refractivity contribution < 1.29 is 31.4 Å². The SMILES string of the molecule is C#Cc1c(F)ccc2cccc(-c3nc4c5c(nc(OCC67CCCN6CC(OC(F)(F)F)C7)nc5c3F)N3CCNCC3CC4)c12. The molecule has 3 atom stereocenters. The van der Waals surface area contributed by atoms with Crippen molar-refractivity contribution in [2.45, 2.75) is 56.2 Å². The number of aryl methyl sites for hydroxylation is 1. The Bertz CT molecular complexity index is 1950. The minimum atomic E-state index is -4.73. The highest BCUT2D eigenvalue weighted by Gasteiger charge is 2.52. The topological polar surface area (TPSA) is 75.6 Å². The van der Waals surface area contributed by atoms with E-state index in [1.165, 1.54) is 6.07 Å². The van der Waals surface area contributed by atoms with Crippen LogP contribution in [0.25, 0.3) is 32.9 Å². The molecule has 0 amide bonds. The highest BCUT2D eigenvalue weighted by Crippen LogP contribution is 2.43. The van der Waals surface area contributed by atoms with Crippen LogP contribution in [0.3, 0.4) is 0 Å². The Labute approximate surface area is 267 Å². The number of aromatic nitrogens is 3. The molecule has 2 aromatic carbocycles. The number of rotatable bonds is 5. The molecule has 4 aliphatic heterocycles. The predicted molar refractivity (Wildman–Crippen MR) is 165 cm³/mol. The largest absolute Gasteiger partial charge is 0.522 e. The van der Waals surface area contributed by atoms with Crippen LogP contribution in [-0.2, 0) is 11.2 Å². The van der Waals surface area contributed by atoms with Gasteiger partial charge < -0.3 is 15.0 Å². The molecule has 244 valence electrons. The molecule has 0 bridgehead atoms. The monoisotopic (exact) mass is 650 g/mol. The molecular weight excluding hydrogens is 619 g/mol. The van der Waals surface area contributed by atoms with Crippen LogP contribution in [0.5, 0.6) is 6.01 Å². The van der Waals surface area contributed by atoms with Gasteiger partial charge in [0.1, 0.15) is 29.5 Å². The Balaban J connectivity index is 1.25. The van der Waals surface area contributed by atoms with Gasteiger partial charge in [-0.2, -0.15) is 9.97 Å². The molecule has 4 aromatic rings. The summed E-state index contributed by atoms with van der Waals surface area (Å²) in [6, 6.07) is 8.08. The minimum Gasteiger partial charge on any atom is -0.461 e. The fourth-order valence-corrected chi connectivity index (χ4v) is 8.06. The number of piperazine rings is 1. The number of benzene rings is 2. The zero-order valence-corrected chi connectivity index (χ0v) is 25.3. The van der Waals surface area contributed by atoms with E-state index in [4.69, 9.17) is 21.1 Å². The summed E-state index contributed by atoms with van der Waals surface area (Å²) in [5, 5.41) is 4.93. The van der Waals surface area contributed by atoms with Gasteiger partial charge in [0.05, 0.1) is 28.3 Å². The lowest BCUT2D eigenvalue weighted by Gasteiger charge is -2.36. The van der Waals surface area contributed by atoms with Gasteiger partial charge >= 0.3 is 12.4 Å². The van der Waals surface area contributed by atoms with Gasteiger partial charge in [-0.15, -0.1) is 19.6 Å². The zero-order valence-electron chi connectivity index (χ0n) is 25.3. The summed E-state index contributed by atoms with van der Waals surface area (Å²) >= 11 is 0. The number of hydrogen-bond acceptors (Lipinski definition) is 8. The Kier molecular flexibility index (Phi) is 7.23. The lowest BCUT2D eigenvalue weighted by atomic mass is 9.94. The quantitative estimate of drug-likeness (QED) is 0.229. The number of anilines is 1. The summed E-state index contributed by atoms with van der Waals surface area (Å²) in [6.45, 7) is 2.84. The maximum Gasteiger partial charge on any atom is 0.522 e. The van der Waals surface area contributed by atoms with Crippen molar-refractivity contribution in [3.63, 3.8) is 0 Å². The van der Waals surface area contributed by atoms with Crippen molar-refractivity contribution in [3.8, 4) is 29.6 Å². The Morgan fingerprint density at radius 3 is 2.79 bits per heavy atom. The summed E-state index contributed by atoms with van der Waals surface area (Å²) in [5.41, 5.74) is 0.324. The summed E-state index contributed by atoms with van der Waals surface area (Å²) in [7, 11) is 0.